The van der Waals surface area contributed by atoms with E-state index in [-0.39, 0.29) is 23.5 Å². The van der Waals surface area contributed by atoms with Crippen LogP contribution < -0.4 is 25.0 Å². The number of amides is 1. The molecular weight excluding hydrogens is 608 g/mol. The summed E-state index contributed by atoms with van der Waals surface area (Å²) in [6.07, 6.45) is 4.38. The zero-order valence-corrected chi connectivity index (χ0v) is 28.0. The number of methoxy groups -OCH3 is 1. The Morgan fingerprint density at radius 3 is 2.59 bits per heavy atom. The highest BCUT2D eigenvalue weighted by molar-refractivity contribution is 6.31. The van der Waals surface area contributed by atoms with Gasteiger partial charge in [-0.05, 0) is 30.9 Å². The molecule has 2 atom stereocenters. The zero-order chi connectivity index (χ0) is 32.5. The normalized spacial score (nSPS) is 21.7. The van der Waals surface area contributed by atoms with Gasteiger partial charge in [-0.15, -0.1) is 0 Å². The average molecular weight is 655 g/mol. The minimum Gasteiger partial charge on any atom is -0.490 e. The molecule has 11 nitrogen and oxygen atoms in total. The Balaban J connectivity index is 1.20. The Kier molecular flexibility index (Phi) is 12.0. The molecule has 1 aliphatic carbocycles. The van der Waals surface area contributed by atoms with Gasteiger partial charge in [0, 0.05) is 89.1 Å². The quantitative estimate of drug-likeness (QED) is 0.292. The molecule has 46 heavy (non-hydrogen) atoms. The third kappa shape index (κ3) is 8.60. The van der Waals surface area contributed by atoms with E-state index < -0.39 is 0 Å². The average Bonchev–Trinajstić information content (AvgIpc) is 3.06. The number of hydrogen-bond acceptors (Lipinski definition) is 10. The van der Waals surface area contributed by atoms with Gasteiger partial charge in [-0.2, -0.15) is 5.26 Å². The first-order valence-electron chi connectivity index (χ1n) is 16.3. The van der Waals surface area contributed by atoms with Crippen molar-refractivity contribution < 1.29 is 23.7 Å². The predicted octanol–water partition coefficient (Wildman–Crippen LogP) is 3.75. The van der Waals surface area contributed by atoms with Crippen LogP contribution in [0.5, 0.6) is 11.5 Å². The summed E-state index contributed by atoms with van der Waals surface area (Å²) in [6.45, 7) is 13.2. The van der Waals surface area contributed by atoms with E-state index >= 15 is 0 Å². The second-order valence-corrected chi connectivity index (χ2v) is 13.3. The number of carbonyl (C=O) groups excluding carboxylic acids is 1. The molecule has 3 aliphatic rings. The maximum atomic E-state index is 13.6. The van der Waals surface area contributed by atoms with Crippen molar-refractivity contribution in [3.05, 3.63) is 46.6 Å². The van der Waals surface area contributed by atoms with Crippen molar-refractivity contribution in [2.45, 2.75) is 45.3 Å². The molecule has 1 saturated carbocycles. The zero-order valence-electron chi connectivity index (χ0n) is 27.2. The second-order valence-electron chi connectivity index (χ2n) is 12.9. The summed E-state index contributed by atoms with van der Waals surface area (Å²) in [5, 5.41) is 16.1. The van der Waals surface area contributed by atoms with Crippen molar-refractivity contribution in [3.63, 3.8) is 0 Å². The van der Waals surface area contributed by atoms with Gasteiger partial charge in [-0.25, -0.2) is 4.98 Å². The van der Waals surface area contributed by atoms with Crippen LogP contribution in [0.4, 0.5) is 5.82 Å². The van der Waals surface area contributed by atoms with Gasteiger partial charge in [0.25, 0.3) is 5.91 Å². The van der Waals surface area contributed by atoms with Crippen LogP contribution in [0.15, 0.2) is 30.5 Å². The van der Waals surface area contributed by atoms with E-state index in [0.717, 1.165) is 64.5 Å². The van der Waals surface area contributed by atoms with Crippen molar-refractivity contribution in [1.82, 2.24) is 20.5 Å². The number of ether oxygens (including phenoxy) is 4. The number of nitriles is 1. The summed E-state index contributed by atoms with van der Waals surface area (Å²) in [6, 6.07) is 8.90. The Hall–Kier alpha value is -3.14. The maximum Gasteiger partial charge on any atom is 0.256 e. The van der Waals surface area contributed by atoms with Gasteiger partial charge in [0.05, 0.1) is 36.0 Å². The van der Waals surface area contributed by atoms with Crippen LogP contribution in [0.1, 0.15) is 49.0 Å². The highest BCUT2D eigenvalue weighted by atomic mass is 35.5. The summed E-state index contributed by atoms with van der Waals surface area (Å²) in [5.41, 5.74) is 0.462. The minimum atomic E-state index is -0.339. The van der Waals surface area contributed by atoms with Gasteiger partial charge in [0.15, 0.2) is 0 Å². The summed E-state index contributed by atoms with van der Waals surface area (Å²) in [5.74, 6) is 2.38. The molecule has 250 valence electrons. The summed E-state index contributed by atoms with van der Waals surface area (Å²) in [4.78, 5) is 23.2. The van der Waals surface area contributed by atoms with Gasteiger partial charge < -0.3 is 39.4 Å². The Morgan fingerprint density at radius 2 is 1.89 bits per heavy atom. The number of anilines is 1. The van der Waals surface area contributed by atoms with Crippen LogP contribution in [0, 0.1) is 22.7 Å². The molecule has 12 heteroatoms. The number of halogens is 1. The van der Waals surface area contributed by atoms with Crippen LogP contribution in [0.2, 0.25) is 5.02 Å². The number of piperazine rings is 1. The molecule has 0 radical (unpaired) electrons. The lowest BCUT2D eigenvalue weighted by Gasteiger charge is -2.51. The SMILES string of the molecule is COCCOCCOc1cc(N2CCC(CN3CCNCC3)CC2)ncc1C(=O)N[C@@H]1C[C@@H](Oc2ccc(C#N)c(Cl)c2)C1(C)C. The molecular formula is C34H47ClN6O5. The van der Waals surface area contributed by atoms with Gasteiger partial charge in [-0.1, -0.05) is 25.4 Å². The monoisotopic (exact) mass is 654 g/mol. The van der Waals surface area contributed by atoms with E-state index in [1.807, 2.05) is 6.07 Å². The number of nitrogens with one attached hydrogen (secondary N) is 2. The number of benzene rings is 1. The van der Waals surface area contributed by atoms with Crippen molar-refractivity contribution >= 4 is 23.3 Å². The third-order valence-electron chi connectivity index (χ3n) is 9.50. The Labute approximate surface area is 277 Å². The van der Waals surface area contributed by atoms with E-state index in [1.54, 1.807) is 31.5 Å². The van der Waals surface area contributed by atoms with E-state index in [0.29, 0.717) is 66.4 Å². The molecule has 1 aromatic carbocycles. The number of aromatic nitrogens is 1. The number of nitrogens with zero attached hydrogens (tertiary/aromatic N) is 4. The van der Waals surface area contributed by atoms with Crippen molar-refractivity contribution in [1.29, 1.82) is 5.26 Å². The van der Waals surface area contributed by atoms with E-state index in [4.69, 9.17) is 40.8 Å². The largest absolute Gasteiger partial charge is 0.490 e. The molecule has 1 amide bonds. The van der Waals surface area contributed by atoms with E-state index in [2.05, 4.69) is 40.4 Å². The molecule has 2 aliphatic heterocycles. The van der Waals surface area contributed by atoms with Crippen molar-refractivity contribution in [2.24, 2.45) is 11.3 Å². The smallest absolute Gasteiger partial charge is 0.256 e. The fourth-order valence-corrected chi connectivity index (χ4v) is 6.55. The first-order valence-corrected chi connectivity index (χ1v) is 16.7. The molecule has 3 heterocycles. The number of carbonyl (C=O) groups is 1. The first kappa shape index (κ1) is 34.2. The van der Waals surface area contributed by atoms with E-state index in [9.17, 15) is 4.79 Å². The molecule has 2 aromatic rings. The molecule has 0 unspecified atom stereocenters. The fraction of sp³-hybridized carbons (Fsp3) is 0.618. The number of piperidine rings is 1. The van der Waals surface area contributed by atoms with Crippen LogP contribution in [-0.4, -0.2) is 107 Å². The van der Waals surface area contributed by atoms with Crippen molar-refractivity contribution in [2.75, 3.05) is 84.3 Å². The standard InChI is InChI=1S/C34H47ClN6O5/c1-34(2)30(20-31(34)46-26-5-4-25(21-36)28(35)18-26)39-33(42)27-22-38-32(19-29(27)45-17-16-44-15-14-43-3)41-10-6-24(7-11-41)23-40-12-8-37-9-13-40/h4-5,18-19,22,24,30-31,37H,6-17,20,23H2,1-3H3,(H,39,42)/t30-,31-/m1/s1. The van der Waals surface area contributed by atoms with Gasteiger partial charge in [-0.3, -0.25) is 4.79 Å². The molecule has 0 spiro atoms. The molecule has 5 rings (SSSR count). The number of pyridine rings is 1. The van der Waals surface area contributed by atoms with Gasteiger partial charge in [0.1, 0.15) is 36.1 Å². The van der Waals surface area contributed by atoms with Gasteiger partial charge in [0.2, 0.25) is 0 Å². The summed E-state index contributed by atoms with van der Waals surface area (Å²) >= 11 is 6.20. The number of hydrogen-bond donors (Lipinski definition) is 2. The molecule has 1 aromatic heterocycles. The maximum absolute atomic E-state index is 13.6. The number of rotatable bonds is 14. The highest BCUT2D eigenvalue weighted by Crippen LogP contribution is 2.44. The summed E-state index contributed by atoms with van der Waals surface area (Å²) < 4.78 is 23.0. The van der Waals surface area contributed by atoms with Gasteiger partial charge >= 0.3 is 0 Å². The lowest BCUT2D eigenvalue weighted by atomic mass is 9.64. The lowest BCUT2D eigenvalue weighted by Crippen LogP contribution is -2.63. The fourth-order valence-electron chi connectivity index (χ4n) is 6.34. The molecule has 2 saturated heterocycles. The Bertz CT molecular complexity index is 1360. The first-order chi connectivity index (χ1) is 22.3. The molecule has 2 N–H and O–H groups in total. The van der Waals surface area contributed by atoms with Crippen molar-refractivity contribution in [3.8, 4) is 17.6 Å². The van der Waals surface area contributed by atoms with E-state index in [1.165, 1.54) is 0 Å². The Morgan fingerprint density at radius 1 is 1.13 bits per heavy atom. The second kappa shape index (κ2) is 16.1. The minimum absolute atomic E-state index is 0.113. The van der Waals surface area contributed by atoms with Crippen LogP contribution in [0.3, 0.4) is 0 Å². The summed E-state index contributed by atoms with van der Waals surface area (Å²) in [7, 11) is 1.64. The topological polar surface area (TPSA) is 121 Å². The predicted molar refractivity (Wildman–Crippen MR) is 177 cm³/mol. The van der Waals surface area contributed by atoms with Crippen LogP contribution in [0.25, 0.3) is 0 Å². The lowest BCUT2D eigenvalue weighted by molar-refractivity contribution is -0.0515. The molecule has 3 fully saturated rings. The van der Waals surface area contributed by atoms with Crippen LogP contribution in [-0.2, 0) is 9.47 Å². The highest BCUT2D eigenvalue weighted by Gasteiger charge is 2.51. The molecule has 0 bridgehead atoms. The van der Waals surface area contributed by atoms with Crippen LogP contribution >= 0.6 is 11.6 Å². The third-order valence-corrected chi connectivity index (χ3v) is 9.81.